The van der Waals surface area contributed by atoms with Gasteiger partial charge in [-0.3, -0.25) is 4.79 Å². The minimum Gasteiger partial charge on any atom is -0.313 e. The molecule has 0 aliphatic carbocycles. The van der Waals surface area contributed by atoms with Crippen LogP contribution < -0.4 is 4.80 Å². The van der Waals surface area contributed by atoms with E-state index in [-0.39, 0.29) is 17.2 Å². The molecule has 0 aliphatic rings. The maximum atomic E-state index is 12.8. The highest BCUT2D eigenvalue weighted by atomic mass is 32.2. The molecule has 0 bridgehead atoms. The molecule has 1 aromatic heterocycles. The van der Waals surface area contributed by atoms with Gasteiger partial charge in [0, 0.05) is 12.8 Å². The number of nitrogens with zero attached hydrogens (tertiary/aromatic N) is 2. The molecule has 0 aliphatic heterocycles. The number of carbonyl (C=O) groups excluding carboxylic acids is 1. The Morgan fingerprint density at radius 1 is 1.13 bits per heavy atom. The molecule has 4 aromatic rings. The first-order chi connectivity index (χ1) is 14.4. The van der Waals surface area contributed by atoms with Crippen LogP contribution in [-0.4, -0.2) is 25.1 Å². The number of aromatic nitrogens is 1. The van der Waals surface area contributed by atoms with E-state index in [2.05, 4.69) is 11.6 Å². The fourth-order valence-corrected chi connectivity index (χ4v) is 5.25. The molecule has 5 nitrogen and oxygen atoms in total. The van der Waals surface area contributed by atoms with Crippen molar-refractivity contribution in [3.63, 3.8) is 0 Å². The molecular formula is C23H20N2O3S2. The summed E-state index contributed by atoms with van der Waals surface area (Å²) in [6, 6.07) is 18.8. The average molecular weight is 437 g/mol. The van der Waals surface area contributed by atoms with Crippen molar-refractivity contribution in [1.29, 1.82) is 0 Å². The van der Waals surface area contributed by atoms with Gasteiger partial charge in [0.1, 0.15) is 0 Å². The van der Waals surface area contributed by atoms with Crippen LogP contribution in [0.5, 0.6) is 0 Å². The van der Waals surface area contributed by atoms with Crippen LogP contribution in [0.25, 0.3) is 21.0 Å². The normalized spacial score (nSPS) is 12.5. The van der Waals surface area contributed by atoms with E-state index in [0.717, 1.165) is 26.6 Å². The van der Waals surface area contributed by atoms with Crippen molar-refractivity contribution in [2.45, 2.75) is 17.9 Å². The van der Waals surface area contributed by atoms with E-state index in [4.69, 9.17) is 0 Å². The van der Waals surface area contributed by atoms with Gasteiger partial charge in [0.15, 0.2) is 14.6 Å². The maximum absolute atomic E-state index is 12.8. The highest BCUT2D eigenvalue weighted by molar-refractivity contribution is 7.90. The van der Waals surface area contributed by atoms with Crippen LogP contribution >= 0.6 is 11.3 Å². The van der Waals surface area contributed by atoms with Gasteiger partial charge in [-0.05, 0) is 34.5 Å². The zero-order chi connectivity index (χ0) is 21.3. The second-order valence-corrected chi connectivity index (χ2v) is 10.0. The second-order valence-electron chi connectivity index (χ2n) is 7.01. The van der Waals surface area contributed by atoms with E-state index in [1.807, 2.05) is 47.0 Å². The third kappa shape index (κ3) is 3.99. The van der Waals surface area contributed by atoms with Gasteiger partial charge in [-0.15, -0.1) is 6.58 Å². The maximum Gasteiger partial charge on any atom is 0.252 e. The van der Waals surface area contributed by atoms with Crippen molar-refractivity contribution in [2.24, 2.45) is 4.99 Å². The molecule has 0 fully saturated rings. The highest BCUT2D eigenvalue weighted by Gasteiger charge is 2.13. The summed E-state index contributed by atoms with van der Waals surface area (Å²) < 4.78 is 26.4. The lowest BCUT2D eigenvalue weighted by atomic mass is 10.0. The van der Waals surface area contributed by atoms with Gasteiger partial charge in [0.05, 0.1) is 21.5 Å². The van der Waals surface area contributed by atoms with E-state index in [1.165, 1.54) is 17.6 Å². The zero-order valence-electron chi connectivity index (χ0n) is 16.4. The number of sulfone groups is 1. The predicted molar refractivity (Wildman–Crippen MR) is 121 cm³/mol. The highest BCUT2D eigenvalue weighted by Crippen LogP contribution is 2.22. The Morgan fingerprint density at radius 3 is 2.67 bits per heavy atom. The van der Waals surface area contributed by atoms with Crippen LogP contribution in [0.4, 0.5) is 0 Å². The van der Waals surface area contributed by atoms with E-state index >= 15 is 0 Å². The molecule has 0 saturated carbocycles. The molecular weight excluding hydrogens is 416 g/mol. The lowest BCUT2D eigenvalue weighted by Crippen LogP contribution is -2.17. The van der Waals surface area contributed by atoms with Gasteiger partial charge in [0.25, 0.3) is 5.91 Å². The Morgan fingerprint density at radius 2 is 1.90 bits per heavy atom. The van der Waals surface area contributed by atoms with Gasteiger partial charge in [0.2, 0.25) is 0 Å². The number of benzene rings is 3. The number of allylic oxidation sites excluding steroid dienone is 1. The Kier molecular flexibility index (Phi) is 5.40. The molecule has 0 unspecified atom stereocenters. The first kappa shape index (κ1) is 20.3. The number of fused-ring (bicyclic) bond motifs is 2. The molecule has 0 saturated heterocycles. The summed E-state index contributed by atoms with van der Waals surface area (Å²) in [7, 11) is -3.32. The molecule has 3 aromatic carbocycles. The number of hydrogen-bond donors (Lipinski definition) is 0. The number of rotatable bonds is 5. The number of thiazole rings is 1. The Balaban J connectivity index is 1.78. The van der Waals surface area contributed by atoms with Crippen molar-refractivity contribution >= 4 is 48.1 Å². The summed E-state index contributed by atoms with van der Waals surface area (Å²) in [5.41, 5.74) is 1.75. The lowest BCUT2D eigenvalue weighted by molar-refractivity contribution is -0.117. The standard InChI is InChI=1S/C23H20N2O3S2/c1-3-13-25-20-12-11-18(30(2,27)28)15-21(20)29-23(25)24-22(26)14-17-9-6-8-16-7-4-5-10-19(16)17/h3-12,15H,1,13-14H2,2H3. The number of carbonyl (C=O) groups is 1. The fourth-order valence-electron chi connectivity index (χ4n) is 3.43. The molecule has 1 heterocycles. The molecule has 30 heavy (non-hydrogen) atoms. The molecule has 0 spiro atoms. The van der Waals surface area contributed by atoms with Crippen LogP contribution in [0.15, 0.2) is 83.2 Å². The summed E-state index contributed by atoms with van der Waals surface area (Å²) in [6.07, 6.45) is 3.10. The minimum absolute atomic E-state index is 0.193. The zero-order valence-corrected chi connectivity index (χ0v) is 18.0. The lowest BCUT2D eigenvalue weighted by Gasteiger charge is -2.04. The first-order valence-corrected chi connectivity index (χ1v) is 12.1. The van der Waals surface area contributed by atoms with Crippen LogP contribution in [0.3, 0.4) is 0 Å². The van der Waals surface area contributed by atoms with Crippen LogP contribution in [0.2, 0.25) is 0 Å². The average Bonchev–Trinajstić information content (AvgIpc) is 3.04. The molecule has 7 heteroatoms. The quantitative estimate of drug-likeness (QED) is 0.442. The molecule has 152 valence electrons. The Bertz CT molecular complexity index is 1460. The third-order valence-electron chi connectivity index (χ3n) is 4.84. The Hall–Kier alpha value is -3.03. The van der Waals surface area contributed by atoms with E-state index < -0.39 is 9.84 Å². The van der Waals surface area contributed by atoms with E-state index in [0.29, 0.717) is 11.3 Å². The van der Waals surface area contributed by atoms with Gasteiger partial charge in [-0.2, -0.15) is 4.99 Å². The van der Waals surface area contributed by atoms with Gasteiger partial charge >= 0.3 is 0 Å². The minimum atomic E-state index is -3.32. The monoisotopic (exact) mass is 436 g/mol. The summed E-state index contributed by atoms with van der Waals surface area (Å²) in [6.45, 7) is 4.25. The SMILES string of the molecule is C=CCn1c(=NC(=O)Cc2cccc3ccccc23)sc2cc(S(C)(=O)=O)ccc21. The summed E-state index contributed by atoms with van der Waals surface area (Å²) in [4.78, 5) is 17.9. The van der Waals surface area contributed by atoms with Gasteiger partial charge in [-0.1, -0.05) is 59.9 Å². The van der Waals surface area contributed by atoms with Crippen molar-refractivity contribution in [1.82, 2.24) is 4.57 Å². The van der Waals surface area contributed by atoms with Gasteiger partial charge in [-0.25, -0.2) is 8.42 Å². The van der Waals surface area contributed by atoms with Crippen LogP contribution in [0, 0.1) is 0 Å². The van der Waals surface area contributed by atoms with Crippen LogP contribution in [-0.2, 0) is 27.6 Å². The Labute approximate surface area is 178 Å². The second kappa shape index (κ2) is 8.01. The third-order valence-corrected chi connectivity index (χ3v) is 6.99. The van der Waals surface area contributed by atoms with Crippen LogP contribution in [0.1, 0.15) is 5.56 Å². The molecule has 4 rings (SSSR count). The first-order valence-electron chi connectivity index (χ1n) is 9.35. The van der Waals surface area contributed by atoms with Crippen molar-refractivity contribution < 1.29 is 13.2 Å². The number of amides is 1. The summed E-state index contributed by atoms with van der Waals surface area (Å²) in [5, 5.41) is 2.12. The van der Waals surface area contributed by atoms with E-state index in [9.17, 15) is 13.2 Å². The smallest absolute Gasteiger partial charge is 0.252 e. The molecule has 1 amide bonds. The van der Waals surface area contributed by atoms with Crippen molar-refractivity contribution in [3.8, 4) is 0 Å². The topological polar surface area (TPSA) is 68.5 Å². The predicted octanol–water partition coefficient (Wildman–Crippen LogP) is 4.12. The van der Waals surface area contributed by atoms with E-state index in [1.54, 1.807) is 24.3 Å². The van der Waals surface area contributed by atoms with Crippen molar-refractivity contribution in [3.05, 3.63) is 83.7 Å². The summed E-state index contributed by atoms with van der Waals surface area (Å²) in [5.74, 6) is -0.251. The molecule has 0 N–H and O–H groups in total. The van der Waals surface area contributed by atoms with Gasteiger partial charge < -0.3 is 4.57 Å². The number of hydrogen-bond acceptors (Lipinski definition) is 4. The molecule has 0 atom stereocenters. The summed E-state index contributed by atoms with van der Waals surface area (Å²) >= 11 is 1.30. The largest absolute Gasteiger partial charge is 0.313 e. The molecule has 0 radical (unpaired) electrons. The fraction of sp³-hybridized carbons (Fsp3) is 0.130. The van der Waals surface area contributed by atoms with Crippen molar-refractivity contribution in [2.75, 3.05) is 6.26 Å².